The van der Waals surface area contributed by atoms with E-state index in [2.05, 4.69) is 23.3 Å². The van der Waals surface area contributed by atoms with Gasteiger partial charge in [0.2, 0.25) is 11.8 Å². The zero-order valence-electron chi connectivity index (χ0n) is 22.4. The van der Waals surface area contributed by atoms with Crippen LogP contribution in [0.15, 0.2) is 67.3 Å². The van der Waals surface area contributed by atoms with Crippen LogP contribution in [0.1, 0.15) is 31.2 Å². The lowest BCUT2D eigenvalue weighted by molar-refractivity contribution is -0.129. The summed E-state index contributed by atoms with van der Waals surface area (Å²) in [5.41, 5.74) is 0.899. The number of hydrogen-bond acceptors (Lipinski definition) is 8. The molecule has 1 aliphatic heterocycles. The number of amides is 1. The Morgan fingerprint density at radius 1 is 1.20 bits per heavy atom. The van der Waals surface area contributed by atoms with E-state index in [1.54, 1.807) is 18.2 Å². The highest BCUT2D eigenvalue weighted by Crippen LogP contribution is 2.46. The van der Waals surface area contributed by atoms with Gasteiger partial charge in [0.25, 0.3) is 0 Å². The second kappa shape index (κ2) is 10.4. The summed E-state index contributed by atoms with van der Waals surface area (Å²) in [6.07, 6.45) is 3.14. The summed E-state index contributed by atoms with van der Waals surface area (Å²) >= 11 is 0. The van der Waals surface area contributed by atoms with Crippen molar-refractivity contribution in [3.8, 4) is 23.2 Å². The van der Waals surface area contributed by atoms with Crippen molar-refractivity contribution in [1.29, 1.82) is 5.26 Å². The van der Waals surface area contributed by atoms with E-state index in [4.69, 9.17) is 15.0 Å². The third-order valence-electron chi connectivity index (χ3n) is 8.21. The van der Waals surface area contributed by atoms with Gasteiger partial charge in [-0.25, -0.2) is 13.4 Å². The van der Waals surface area contributed by atoms with Gasteiger partial charge in [-0.2, -0.15) is 5.26 Å². The molecule has 2 saturated carbocycles. The first-order valence-electron chi connectivity index (χ1n) is 13.7. The number of fused-ring (bicyclic) bond motifs is 1. The number of nitriles is 1. The van der Waals surface area contributed by atoms with E-state index in [1.165, 1.54) is 0 Å². The molecule has 9 nitrogen and oxygen atoms in total. The maximum Gasteiger partial charge on any atom is 0.238 e. The van der Waals surface area contributed by atoms with Crippen molar-refractivity contribution in [2.45, 2.75) is 48.6 Å². The van der Waals surface area contributed by atoms with E-state index in [0.29, 0.717) is 49.4 Å². The minimum Gasteiger partial charge on any atom is -0.472 e. The standard InChI is InChI=1S/C31H30N4O5S/c1-2-22-15-31(22,28(36)18-41(38,39)24-11-12-24)35-29(37)27-14-23(17-33-27)40-30-25-6-4-3-5-21(25)13-26(34-30)20-9-7-19(16-32)8-10-20/h2-10,13,22-24,27,33H,1,11-12,14-15,17-18H2,(H,35,37)/t22-,23-,27+,31-/m1/s1. The van der Waals surface area contributed by atoms with Crippen molar-refractivity contribution in [3.63, 3.8) is 0 Å². The van der Waals surface area contributed by atoms with Crippen LogP contribution in [-0.2, 0) is 19.4 Å². The van der Waals surface area contributed by atoms with Gasteiger partial charge in [-0.15, -0.1) is 6.58 Å². The second-order valence-electron chi connectivity index (χ2n) is 11.1. The maximum absolute atomic E-state index is 13.3. The molecule has 0 unspecified atom stereocenters. The van der Waals surface area contributed by atoms with Crippen molar-refractivity contribution in [2.24, 2.45) is 5.92 Å². The second-order valence-corrected chi connectivity index (χ2v) is 13.4. The monoisotopic (exact) mass is 570 g/mol. The third kappa shape index (κ3) is 5.35. The Labute approximate surface area is 238 Å². The molecule has 210 valence electrons. The first-order chi connectivity index (χ1) is 19.7. The number of ketones is 1. The van der Waals surface area contributed by atoms with Crippen LogP contribution in [0, 0.1) is 17.2 Å². The van der Waals surface area contributed by atoms with E-state index < -0.39 is 38.2 Å². The van der Waals surface area contributed by atoms with Crippen LogP contribution >= 0.6 is 0 Å². The molecule has 3 aliphatic rings. The number of pyridine rings is 1. The summed E-state index contributed by atoms with van der Waals surface area (Å²) in [6.45, 7) is 4.16. The number of rotatable bonds is 10. The molecule has 2 N–H and O–H groups in total. The topological polar surface area (TPSA) is 138 Å². The molecule has 6 rings (SSSR count). The molecule has 1 aromatic heterocycles. The summed E-state index contributed by atoms with van der Waals surface area (Å²) in [5, 5.41) is 16.5. The number of benzene rings is 2. The summed E-state index contributed by atoms with van der Waals surface area (Å²) in [6, 6.07) is 18.4. The van der Waals surface area contributed by atoms with Gasteiger partial charge in [0.05, 0.1) is 28.6 Å². The van der Waals surface area contributed by atoms with Crippen molar-refractivity contribution in [1.82, 2.24) is 15.6 Å². The molecule has 1 amide bonds. The molecule has 4 atom stereocenters. The first-order valence-corrected chi connectivity index (χ1v) is 15.4. The largest absolute Gasteiger partial charge is 0.472 e. The highest BCUT2D eigenvalue weighted by atomic mass is 32.2. The van der Waals surface area contributed by atoms with Crippen LogP contribution in [-0.4, -0.2) is 60.3 Å². The quantitative estimate of drug-likeness (QED) is 0.355. The molecule has 2 heterocycles. The Morgan fingerprint density at radius 2 is 1.95 bits per heavy atom. The summed E-state index contributed by atoms with van der Waals surface area (Å²) < 4.78 is 31.3. The highest BCUT2D eigenvalue weighted by molar-refractivity contribution is 7.93. The van der Waals surface area contributed by atoms with E-state index >= 15 is 0 Å². The lowest BCUT2D eigenvalue weighted by atomic mass is 10.1. The van der Waals surface area contributed by atoms with Gasteiger partial charge >= 0.3 is 0 Å². The number of ether oxygens (including phenoxy) is 1. The molecule has 3 aromatic rings. The number of carbonyl (C=O) groups excluding carboxylic acids is 2. The lowest BCUT2D eigenvalue weighted by Crippen LogP contribution is -2.52. The van der Waals surface area contributed by atoms with Gasteiger partial charge in [0.15, 0.2) is 15.6 Å². The molecule has 0 bridgehead atoms. The molecular formula is C31H30N4O5S. The van der Waals surface area contributed by atoms with Crippen molar-refractivity contribution < 1.29 is 22.7 Å². The Bertz CT molecular complexity index is 1690. The molecule has 0 radical (unpaired) electrons. The smallest absolute Gasteiger partial charge is 0.238 e. The van der Waals surface area contributed by atoms with Gasteiger partial charge in [0, 0.05) is 29.8 Å². The third-order valence-corrected chi connectivity index (χ3v) is 10.4. The van der Waals surface area contributed by atoms with Gasteiger partial charge in [0.1, 0.15) is 17.4 Å². The number of nitrogens with zero attached hydrogens (tertiary/aromatic N) is 2. The van der Waals surface area contributed by atoms with Gasteiger partial charge in [-0.05, 0) is 48.9 Å². The van der Waals surface area contributed by atoms with Crippen LogP contribution in [0.4, 0.5) is 0 Å². The average Bonchev–Trinajstić information content (AvgIpc) is 3.90. The molecular weight excluding hydrogens is 540 g/mol. The van der Waals surface area contributed by atoms with Crippen molar-refractivity contribution in [3.05, 3.63) is 72.8 Å². The Morgan fingerprint density at radius 3 is 2.63 bits per heavy atom. The number of nitrogens with one attached hydrogen (secondary N) is 2. The van der Waals surface area contributed by atoms with Gasteiger partial charge in [-0.3, -0.25) is 9.59 Å². The molecule has 10 heteroatoms. The summed E-state index contributed by atoms with van der Waals surface area (Å²) in [7, 11) is -3.50. The van der Waals surface area contributed by atoms with Gasteiger partial charge < -0.3 is 15.4 Å². The first kappa shape index (κ1) is 27.1. The fourth-order valence-corrected chi connectivity index (χ4v) is 7.25. The normalized spacial score (nSPS) is 25.3. The molecule has 3 fully saturated rings. The predicted molar refractivity (Wildman–Crippen MR) is 154 cm³/mol. The Kier molecular flexibility index (Phi) is 6.88. The van der Waals surface area contributed by atoms with Crippen LogP contribution in [0.3, 0.4) is 0 Å². The number of aromatic nitrogens is 1. The zero-order valence-corrected chi connectivity index (χ0v) is 23.2. The van der Waals surface area contributed by atoms with E-state index in [0.717, 1.165) is 16.3 Å². The average molecular weight is 571 g/mol. The van der Waals surface area contributed by atoms with Crippen LogP contribution in [0.2, 0.25) is 0 Å². The van der Waals surface area contributed by atoms with E-state index in [1.807, 2.05) is 42.5 Å². The number of sulfone groups is 1. The minimum absolute atomic E-state index is 0.290. The SMILES string of the molecule is C=C[C@@H]1C[C@]1(NC(=O)[C@@H]1C[C@@H](Oc2nc(-c3ccc(C#N)cc3)cc3ccccc23)CN1)C(=O)CS(=O)(=O)C1CC1. The van der Waals surface area contributed by atoms with Gasteiger partial charge in [-0.1, -0.05) is 36.4 Å². The summed E-state index contributed by atoms with van der Waals surface area (Å²) in [5.74, 6) is -1.23. The fraction of sp³-hybridized carbons (Fsp3) is 0.355. The zero-order chi connectivity index (χ0) is 28.8. The molecule has 2 aromatic carbocycles. The highest BCUT2D eigenvalue weighted by Gasteiger charge is 2.60. The van der Waals surface area contributed by atoms with Crippen LogP contribution in [0.25, 0.3) is 22.0 Å². The number of carbonyl (C=O) groups is 2. The molecule has 1 saturated heterocycles. The fourth-order valence-electron chi connectivity index (χ4n) is 5.54. The van der Waals surface area contributed by atoms with E-state index in [-0.39, 0.29) is 17.9 Å². The Balaban J connectivity index is 1.16. The summed E-state index contributed by atoms with van der Waals surface area (Å²) in [4.78, 5) is 31.2. The predicted octanol–water partition coefficient (Wildman–Crippen LogP) is 3.09. The molecule has 2 aliphatic carbocycles. The molecule has 41 heavy (non-hydrogen) atoms. The van der Waals surface area contributed by atoms with Crippen molar-refractivity contribution >= 4 is 32.3 Å². The van der Waals surface area contributed by atoms with Crippen molar-refractivity contribution in [2.75, 3.05) is 12.3 Å². The van der Waals surface area contributed by atoms with E-state index in [9.17, 15) is 18.0 Å². The lowest BCUT2D eigenvalue weighted by Gasteiger charge is -2.20. The Hall–Kier alpha value is -4.07. The number of hydrogen-bond donors (Lipinski definition) is 2. The van der Waals surface area contributed by atoms with Crippen LogP contribution < -0.4 is 15.4 Å². The maximum atomic E-state index is 13.3. The number of Topliss-reactive ketones (excluding diaryl/α,β-unsaturated/α-hetero) is 1. The van der Waals surface area contributed by atoms with Crippen LogP contribution in [0.5, 0.6) is 5.88 Å². The molecule has 0 spiro atoms. The minimum atomic E-state index is -3.50.